The van der Waals surface area contributed by atoms with E-state index in [1.54, 1.807) is 11.0 Å². The van der Waals surface area contributed by atoms with E-state index in [-0.39, 0.29) is 24.7 Å². The first kappa shape index (κ1) is 17.0. The molecule has 3 N–H and O–H groups in total. The number of urea groups is 1. The van der Waals surface area contributed by atoms with Crippen molar-refractivity contribution in [2.75, 3.05) is 6.61 Å². The number of hydrogen-bond acceptors (Lipinski definition) is 4. The average Bonchev–Trinajstić information content (AvgIpc) is 3.07. The highest BCUT2D eigenvalue weighted by Crippen LogP contribution is 2.14. The monoisotopic (exact) mass is 317 g/mol. The third-order valence-electron chi connectivity index (χ3n) is 3.65. The molecule has 1 heterocycles. The molecule has 0 bridgehead atoms. The number of aromatic nitrogens is 3. The number of benzene rings is 1. The first-order valence-electron chi connectivity index (χ1n) is 7.78. The van der Waals surface area contributed by atoms with Crippen LogP contribution in [0.4, 0.5) is 4.79 Å². The topological polar surface area (TPSA) is 92.1 Å². The Labute approximate surface area is 135 Å². The van der Waals surface area contributed by atoms with E-state index in [4.69, 9.17) is 5.11 Å². The van der Waals surface area contributed by atoms with Gasteiger partial charge in [0, 0.05) is 12.6 Å². The molecule has 7 heteroatoms. The molecule has 0 radical (unpaired) electrons. The van der Waals surface area contributed by atoms with E-state index in [1.165, 1.54) is 6.33 Å². The highest BCUT2D eigenvalue weighted by molar-refractivity contribution is 5.74. The summed E-state index contributed by atoms with van der Waals surface area (Å²) in [6, 6.07) is 9.23. The highest BCUT2D eigenvalue weighted by atomic mass is 16.3. The number of nitrogens with one attached hydrogen (secondary N) is 2. The molecule has 23 heavy (non-hydrogen) atoms. The summed E-state index contributed by atoms with van der Waals surface area (Å²) in [5.74, 6) is 0. The molecule has 0 spiro atoms. The zero-order valence-electron chi connectivity index (χ0n) is 13.2. The molecular weight excluding hydrogens is 294 g/mol. The van der Waals surface area contributed by atoms with E-state index >= 15 is 0 Å². The van der Waals surface area contributed by atoms with Crippen molar-refractivity contribution in [3.8, 4) is 0 Å². The van der Waals surface area contributed by atoms with Crippen molar-refractivity contribution in [1.29, 1.82) is 0 Å². The van der Waals surface area contributed by atoms with Crippen molar-refractivity contribution < 1.29 is 9.90 Å². The Morgan fingerprint density at radius 2 is 2.09 bits per heavy atom. The largest absolute Gasteiger partial charge is 0.396 e. The lowest BCUT2D eigenvalue weighted by molar-refractivity contribution is 0.223. The Kier molecular flexibility index (Phi) is 6.56. The molecule has 0 fully saturated rings. The Bertz CT molecular complexity index is 573. The fourth-order valence-corrected chi connectivity index (χ4v) is 2.35. The van der Waals surface area contributed by atoms with Gasteiger partial charge >= 0.3 is 6.03 Å². The van der Waals surface area contributed by atoms with Crippen LogP contribution in [0.2, 0.25) is 0 Å². The van der Waals surface area contributed by atoms with Gasteiger partial charge in [-0.1, -0.05) is 37.3 Å². The molecule has 7 nitrogen and oxygen atoms in total. The summed E-state index contributed by atoms with van der Waals surface area (Å²) >= 11 is 0. The van der Waals surface area contributed by atoms with E-state index in [9.17, 15) is 4.79 Å². The van der Waals surface area contributed by atoms with Crippen molar-refractivity contribution in [2.45, 2.75) is 38.4 Å². The van der Waals surface area contributed by atoms with Crippen molar-refractivity contribution in [3.05, 3.63) is 48.5 Å². The fourth-order valence-electron chi connectivity index (χ4n) is 2.35. The summed E-state index contributed by atoms with van der Waals surface area (Å²) in [5, 5.41) is 19.0. The lowest BCUT2D eigenvalue weighted by Gasteiger charge is -2.22. The molecule has 0 aliphatic rings. The van der Waals surface area contributed by atoms with Crippen LogP contribution in [0, 0.1) is 0 Å². The summed E-state index contributed by atoms with van der Waals surface area (Å²) in [6.45, 7) is 2.53. The van der Waals surface area contributed by atoms with Crippen LogP contribution in [0.5, 0.6) is 0 Å². The second-order valence-electron chi connectivity index (χ2n) is 5.32. The van der Waals surface area contributed by atoms with Crippen molar-refractivity contribution in [3.63, 3.8) is 0 Å². The maximum absolute atomic E-state index is 12.3. The van der Waals surface area contributed by atoms with Crippen LogP contribution in [0.3, 0.4) is 0 Å². The predicted molar refractivity (Wildman–Crippen MR) is 86.7 cm³/mol. The van der Waals surface area contributed by atoms with Crippen LogP contribution in [-0.4, -0.2) is 38.6 Å². The van der Waals surface area contributed by atoms with Crippen LogP contribution in [-0.2, 0) is 6.54 Å². The molecule has 124 valence electrons. The Morgan fingerprint density at radius 3 is 2.70 bits per heavy atom. The third kappa shape index (κ3) is 5.37. The van der Waals surface area contributed by atoms with Gasteiger partial charge in [0.2, 0.25) is 0 Å². The normalized spacial score (nSPS) is 13.3. The standard InChI is InChI=1S/C16H23N5O2/c1-2-14(8-9-22)19-16(23)20-15(10-21-12-17-11-18-21)13-6-4-3-5-7-13/h3-7,11-12,14-15,22H,2,8-10H2,1H3,(H2,19,20,23). The molecule has 0 aliphatic carbocycles. The second-order valence-corrected chi connectivity index (χ2v) is 5.32. The number of nitrogens with zero attached hydrogens (tertiary/aromatic N) is 3. The van der Waals surface area contributed by atoms with Crippen LogP contribution in [0.15, 0.2) is 43.0 Å². The predicted octanol–water partition coefficient (Wildman–Crippen LogP) is 1.48. The van der Waals surface area contributed by atoms with Gasteiger partial charge in [-0.25, -0.2) is 9.78 Å². The smallest absolute Gasteiger partial charge is 0.315 e. The number of aliphatic hydroxyl groups excluding tert-OH is 1. The van der Waals surface area contributed by atoms with Gasteiger partial charge in [0.25, 0.3) is 0 Å². The number of amides is 2. The third-order valence-corrected chi connectivity index (χ3v) is 3.65. The number of carbonyl (C=O) groups excluding carboxylic acids is 1. The first-order chi connectivity index (χ1) is 11.2. The molecular formula is C16H23N5O2. The van der Waals surface area contributed by atoms with Gasteiger partial charge in [-0.05, 0) is 18.4 Å². The molecule has 2 aromatic rings. The molecule has 2 atom stereocenters. The lowest BCUT2D eigenvalue weighted by atomic mass is 10.1. The van der Waals surface area contributed by atoms with Crippen molar-refractivity contribution >= 4 is 6.03 Å². The highest BCUT2D eigenvalue weighted by Gasteiger charge is 2.17. The molecule has 1 aromatic carbocycles. The molecule has 0 saturated carbocycles. The van der Waals surface area contributed by atoms with Crippen molar-refractivity contribution in [1.82, 2.24) is 25.4 Å². The van der Waals surface area contributed by atoms with Gasteiger partial charge in [-0.3, -0.25) is 4.68 Å². The van der Waals surface area contributed by atoms with Gasteiger partial charge in [0.15, 0.2) is 0 Å². The lowest BCUT2D eigenvalue weighted by Crippen LogP contribution is -2.44. The van der Waals surface area contributed by atoms with Gasteiger partial charge in [0.1, 0.15) is 12.7 Å². The number of rotatable bonds is 8. The minimum atomic E-state index is -0.251. The van der Waals surface area contributed by atoms with E-state index < -0.39 is 0 Å². The maximum Gasteiger partial charge on any atom is 0.315 e. The zero-order chi connectivity index (χ0) is 16.5. The molecule has 0 aliphatic heterocycles. The van der Waals surface area contributed by atoms with Crippen LogP contribution in [0.25, 0.3) is 0 Å². The summed E-state index contributed by atoms with van der Waals surface area (Å²) in [6.07, 6.45) is 4.41. The van der Waals surface area contributed by atoms with Crippen LogP contribution in [0.1, 0.15) is 31.4 Å². The van der Waals surface area contributed by atoms with E-state index in [0.29, 0.717) is 13.0 Å². The Balaban J connectivity index is 2.03. The summed E-state index contributed by atoms with van der Waals surface area (Å²) in [5.41, 5.74) is 0.994. The van der Waals surface area contributed by atoms with Crippen LogP contribution >= 0.6 is 0 Å². The average molecular weight is 317 g/mol. The number of hydrogen-bond donors (Lipinski definition) is 3. The molecule has 1 aromatic heterocycles. The van der Waals surface area contributed by atoms with Crippen LogP contribution < -0.4 is 10.6 Å². The minimum absolute atomic E-state index is 0.0391. The molecule has 0 saturated heterocycles. The van der Waals surface area contributed by atoms with Gasteiger partial charge in [-0.15, -0.1) is 0 Å². The number of aliphatic hydroxyl groups is 1. The van der Waals surface area contributed by atoms with Gasteiger partial charge in [-0.2, -0.15) is 5.10 Å². The van der Waals surface area contributed by atoms with Gasteiger partial charge in [0.05, 0.1) is 12.6 Å². The molecule has 2 unspecified atom stereocenters. The van der Waals surface area contributed by atoms with Gasteiger partial charge < -0.3 is 15.7 Å². The SMILES string of the molecule is CCC(CCO)NC(=O)NC(Cn1cncn1)c1ccccc1. The van der Waals surface area contributed by atoms with E-state index in [1.807, 2.05) is 37.3 Å². The summed E-state index contributed by atoms with van der Waals surface area (Å²) < 4.78 is 1.68. The first-order valence-corrected chi connectivity index (χ1v) is 7.78. The quantitative estimate of drug-likeness (QED) is 0.687. The van der Waals surface area contributed by atoms with E-state index in [0.717, 1.165) is 12.0 Å². The molecule has 2 rings (SSSR count). The summed E-state index contributed by atoms with van der Waals surface area (Å²) in [7, 11) is 0. The fraction of sp³-hybridized carbons (Fsp3) is 0.438. The zero-order valence-corrected chi connectivity index (χ0v) is 13.2. The Morgan fingerprint density at radius 1 is 1.30 bits per heavy atom. The molecule has 2 amide bonds. The van der Waals surface area contributed by atoms with Crippen molar-refractivity contribution in [2.24, 2.45) is 0 Å². The number of carbonyl (C=O) groups is 1. The minimum Gasteiger partial charge on any atom is -0.396 e. The summed E-state index contributed by atoms with van der Waals surface area (Å²) in [4.78, 5) is 16.2. The Hall–Kier alpha value is -2.41. The maximum atomic E-state index is 12.3. The van der Waals surface area contributed by atoms with E-state index in [2.05, 4.69) is 20.7 Å². The second kappa shape index (κ2) is 8.89.